The van der Waals surface area contributed by atoms with Crippen molar-refractivity contribution in [3.8, 4) is 5.75 Å². The van der Waals surface area contributed by atoms with E-state index in [1.165, 1.54) is 0 Å². The van der Waals surface area contributed by atoms with Crippen LogP contribution in [-0.4, -0.2) is 29.6 Å². The quantitative estimate of drug-likeness (QED) is 0.688. The summed E-state index contributed by atoms with van der Waals surface area (Å²) in [6.07, 6.45) is 1.57. The third-order valence-electron chi connectivity index (χ3n) is 3.34. The second-order valence-corrected chi connectivity index (χ2v) is 5.60. The minimum atomic E-state index is -0.823. The minimum absolute atomic E-state index is 0.0667. The van der Waals surface area contributed by atoms with Crippen LogP contribution < -0.4 is 10.1 Å². The number of ether oxygens (including phenoxy) is 1. The molecule has 5 nitrogen and oxygen atoms in total. The van der Waals surface area contributed by atoms with Crippen LogP contribution in [0.5, 0.6) is 5.75 Å². The molecule has 0 spiro atoms. The van der Waals surface area contributed by atoms with Gasteiger partial charge in [-0.3, -0.25) is 9.59 Å². The number of aliphatic carboxylic acids is 1. The molecule has 1 aromatic carbocycles. The number of hydrogen-bond acceptors (Lipinski definition) is 3. The van der Waals surface area contributed by atoms with Gasteiger partial charge in [0, 0.05) is 12.8 Å². The fourth-order valence-corrected chi connectivity index (χ4v) is 2.19. The molecular weight excluding hydrogens is 282 g/mol. The minimum Gasteiger partial charge on any atom is -0.491 e. The molecule has 5 heteroatoms. The topological polar surface area (TPSA) is 75.6 Å². The summed E-state index contributed by atoms with van der Waals surface area (Å²) in [6, 6.07) is 5.88. The lowest BCUT2D eigenvalue weighted by Crippen LogP contribution is -2.36. The number of carbonyl (C=O) groups is 2. The number of carboxylic acid groups (broad SMARTS) is 1. The highest BCUT2D eigenvalue weighted by Crippen LogP contribution is 2.22. The van der Waals surface area contributed by atoms with E-state index in [2.05, 4.69) is 5.32 Å². The molecule has 0 saturated carbocycles. The molecule has 1 rings (SSSR count). The number of carbonyl (C=O) groups excluding carboxylic acids is 1. The molecule has 1 atom stereocenters. The highest BCUT2D eigenvalue weighted by atomic mass is 16.5. The van der Waals surface area contributed by atoms with Gasteiger partial charge >= 0.3 is 5.97 Å². The number of hydrogen-bond donors (Lipinski definition) is 2. The van der Waals surface area contributed by atoms with Crippen molar-refractivity contribution in [2.45, 2.75) is 52.5 Å². The van der Waals surface area contributed by atoms with Crippen molar-refractivity contribution in [2.75, 3.05) is 6.61 Å². The number of benzene rings is 1. The first-order valence-electron chi connectivity index (χ1n) is 7.60. The number of unbranched alkanes of at least 4 members (excludes halogenated alkanes) is 1. The molecule has 0 fully saturated rings. The SMILES string of the molecule is Cc1cccc(C)c1OCC(C)NC(=O)CCCCC(=O)O. The van der Waals surface area contributed by atoms with Gasteiger partial charge in [-0.05, 0) is 44.7 Å². The second-order valence-electron chi connectivity index (χ2n) is 5.60. The highest BCUT2D eigenvalue weighted by molar-refractivity contribution is 5.76. The van der Waals surface area contributed by atoms with Gasteiger partial charge in [0.2, 0.25) is 5.91 Å². The van der Waals surface area contributed by atoms with Crippen LogP contribution in [-0.2, 0) is 9.59 Å². The van der Waals surface area contributed by atoms with Crippen molar-refractivity contribution < 1.29 is 19.4 Å². The molecular formula is C17H25NO4. The Morgan fingerprint density at radius 1 is 1.18 bits per heavy atom. The molecule has 22 heavy (non-hydrogen) atoms. The Morgan fingerprint density at radius 2 is 1.77 bits per heavy atom. The van der Waals surface area contributed by atoms with Crippen molar-refractivity contribution in [2.24, 2.45) is 0 Å². The standard InChI is InChI=1S/C17H25NO4/c1-12-7-6-8-13(2)17(12)22-11-14(3)18-15(19)9-4-5-10-16(20)21/h6-8,14H,4-5,9-11H2,1-3H3,(H,18,19)(H,20,21). The van der Waals surface area contributed by atoms with Crippen LogP contribution in [0.15, 0.2) is 18.2 Å². The maximum absolute atomic E-state index is 11.7. The summed E-state index contributed by atoms with van der Waals surface area (Å²) in [6.45, 7) is 6.29. The summed E-state index contributed by atoms with van der Waals surface area (Å²) >= 11 is 0. The lowest BCUT2D eigenvalue weighted by Gasteiger charge is -2.17. The van der Waals surface area contributed by atoms with Gasteiger partial charge in [-0.1, -0.05) is 18.2 Å². The molecule has 0 heterocycles. The van der Waals surface area contributed by atoms with E-state index in [-0.39, 0.29) is 18.4 Å². The summed E-state index contributed by atoms with van der Waals surface area (Å²) in [5.74, 6) is -0.0242. The summed E-state index contributed by atoms with van der Waals surface area (Å²) in [4.78, 5) is 22.1. The van der Waals surface area contributed by atoms with Crippen LogP contribution in [0, 0.1) is 13.8 Å². The zero-order valence-electron chi connectivity index (χ0n) is 13.5. The molecule has 2 N–H and O–H groups in total. The third-order valence-corrected chi connectivity index (χ3v) is 3.34. The van der Waals surface area contributed by atoms with E-state index in [0.717, 1.165) is 16.9 Å². The first-order valence-corrected chi connectivity index (χ1v) is 7.60. The van der Waals surface area contributed by atoms with Crippen LogP contribution in [0.4, 0.5) is 0 Å². The molecule has 1 amide bonds. The molecule has 0 saturated heterocycles. The molecule has 1 unspecified atom stereocenters. The molecule has 122 valence electrons. The molecule has 0 radical (unpaired) electrons. The molecule has 0 bridgehead atoms. The van der Waals surface area contributed by atoms with E-state index in [4.69, 9.17) is 9.84 Å². The van der Waals surface area contributed by atoms with Gasteiger partial charge in [-0.2, -0.15) is 0 Å². The number of amides is 1. The van der Waals surface area contributed by atoms with Crippen LogP contribution in [0.3, 0.4) is 0 Å². The van der Waals surface area contributed by atoms with Crippen LogP contribution in [0.2, 0.25) is 0 Å². The molecule has 1 aromatic rings. The number of carboxylic acids is 1. The summed E-state index contributed by atoms with van der Waals surface area (Å²) in [5, 5.41) is 11.4. The Bertz CT molecular complexity index is 493. The highest BCUT2D eigenvalue weighted by Gasteiger charge is 2.10. The Balaban J connectivity index is 2.29. The van der Waals surface area contributed by atoms with Gasteiger partial charge in [0.05, 0.1) is 6.04 Å². The van der Waals surface area contributed by atoms with Crippen molar-refractivity contribution in [1.82, 2.24) is 5.32 Å². The molecule has 0 aromatic heterocycles. The zero-order chi connectivity index (χ0) is 16.5. The fourth-order valence-electron chi connectivity index (χ4n) is 2.19. The van der Waals surface area contributed by atoms with E-state index < -0.39 is 5.97 Å². The normalized spacial score (nSPS) is 11.8. The number of aryl methyl sites for hydroxylation is 2. The maximum Gasteiger partial charge on any atom is 0.303 e. The van der Waals surface area contributed by atoms with E-state index >= 15 is 0 Å². The summed E-state index contributed by atoms with van der Waals surface area (Å²) in [7, 11) is 0. The van der Waals surface area contributed by atoms with Crippen LogP contribution in [0.25, 0.3) is 0 Å². The van der Waals surface area contributed by atoms with Gasteiger partial charge in [-0.25, -0.2) is 0 Å². The average Bonchev–Trinajstić information content (AvgIpc) is 2.43. The van der Waals surface area contributed by atoms with Crippen LogP contribution in [0.1, 0.15) is 43.7 Å². The predicted octanol–water partition coefficient (Wildman–Crippen LogP) is 2.83. The Morgan fingerprint density at radius 3 is 2.36 bits per heavy atom. The third kappa shape index (κ3) is 6.61. The van der Waals surface area contributed by atoms with Crippen molar-refractivity contribution >= 4 is 11.9 Å². The lowest BCUT2D eigenvalue weighted by atomic mass is 10.1. The van der Waals surface area contributed by atoms with Gasteiger partial charge in [0.25, 0.3) is 0 Å². The Labute approximate surface area is 131 Å². The van der Waals surface area contributed by atoms with Crippen LogP contribution >= 0.6 is 0 Å². The van der Waals surface area contributed by atoms with E-state index in [1.807, 2.05) is 39.0 Å². The Kier molecular flexibility index (Phi) is 7.43. The second kappa shape index (κ2) is 9.07. The predicted molar refractivity (Wildman–Crippen MR) is 85.1 cm³/mol. The van der Waals surface area contributed by atoms with E-state index in [1.54, 1.807) is 0 Å². The summed E-state index contributed by atoms with van der Waals surface area (Å²) in [5.41, 5.74) is 2.15. The van der Waals surface area contributed by atoms with Crippen molar-refractivity contribution in [1.29, 1.82) is 0 Å². The average molecular weight is 307 g/mol. The number of rotatable bonds is 9. The van der Waals surface area contributed by atoms with Gasteiger partial charge in [0.15, 0.2) is 0 Å². The summed E-state index contributed by atoms with van der Waals surface area (Å²) < 4.78 is 5.79. The largest absolute Gasteiger partial charge is 0.491 e. The lowest BCUT2D eigenvalue weighted by molar-refractivity contribution is -0.137. The first-order chi connectivity index (χ1) is 10.4. The van der Waals surface area contributed by atoms with Crippen molar-refractivity contribution in [3.05, 3.63) is 29.3 Å². The first kappa shape index (κ1) is 18.0. The smallest absolute Gasteiger partial charge is 0.303 e. The zero-order valence-corrected chi connectivity index (χ0v) is 13.5. The molecule has 0 aliphatic heterocycles. The molecule has 0 aliphatic rings. The Hall–Kier alpha value is -2.04. The fraction of sp³-hybridized carbons (Fsp3) is 0.529. The van der Waals surface area contributed by atoms with E-state index in [9.17, 15) is 9.59 Å². The van der Waals surface area contributed by atoms with Gasteiger partial charge in [0.1, 0.15) is 12.4 Å². The van der Waals surface area contributed by atoms with Gasteiger partial charge in [-0.15, -0.1) is 0 Å². The number of nitrogens with one attached hydrogen (secondary N) is 1. The molecule has 0 aliphatic carbocycles. The van der Waals surface area contributed by atoms with E-state index in [0.29, 0.717) is 25.9 Å². The monoisotopic (exact) mass is 307 g/mol. The maximum atomic E-state index is 11.7. The van der Waals surface area contributed by atoms with Crippen molar-refractivity contribution in [3.63, 3.8) is 0 Å². The van der Waals surface area contributed by atoms with Gasteiger partial charge < -0.3 is 15.2 Å². The number of para-hydroxylation sites is 1.